The number of hydrogen-bond donors (Lipinski definition) is 0. The van der Waals surface area contributed by atoms with Gasteiger partial charge in [-0.15, -0.1) is 0 Å². The number of nitrogens with zero attached hydrogens (tertiary/aromatic N) is 1. The standard InChI is InChI=1S/C8H16NO3PS/c1-3-11-13(10,12-4-2)7-5-6-9-8-14/h3-7H2,1-2H3. The lowest BCUT2D eigenvalue weighted by atomic mass is 10.5. The summed E-state index contributed by atoms with van der Waals surface area (Å²) < 4.78 is 22.0. The van der Waals surface area contributed by atoms with Gasteiger partial charge in [0.1, 0.15) is 0 Å². The summed E-state index contributed by atoms with van der Waals surface area (Å²) in [5.41, 5.74) is 0. The Bertz CT molecular complexity index is 231. The molecule has 0 aliphatic heterocycles. The first-order valence-electron chi connectivity index (χ1n) is 4.60. The molecular formula is C8H16NO3PS. The van der Waals surface area contributed by atoms with Gasteiger partial charge >= 0.3 is 7.60 Å². The van der Waals surface area contributed by atoms with Crippen molar-refractivity contribution in [2.45, 2.75) is 20.3 Å². The monoisotopic (exact) mass is 237 g/mol. The van der Waals surface area contributed by atoms with E-state index in [-0.39, 0.29) is 0 Å². The fourth-order valence-electron chi connectivity index (χ4n) is 0.949. The van der Waals surface area contributed by atoms with Crippen molar-refractivity contribution in [3.63, 3.8) is 0 Å². The van der Waals surface area contributed by atoms with Crippen molar-refractivity contribution in [2.24, 2.45) is 4.99 Å². The Labute approximate surface area is 90.2 Å². The van der Waals surface area contributed by atoms with Crippen molar-refractivity contribution in [1.82, 2.24) is 0 Å². The van der Waals surface area contributed by atoms with E-state index in [0.29, 0.717) is 32.3 Å². The zero-order chi connectivity index (χ0) is 10.9. The molecule has 0 bridgehead atoms. The number of hydrogen-bond acceptors (Lipinski definition) is 5. The smallest absolute Gasteiger partial charge is 0.309 e. The van der Waals surface area contributed by atoms with Gasteiger partial charge in [-0.2, -0.15) is 0 Å². The van der Waals surface area contributed by atoms with Gasteiger partial charge in [0.25, 0.3) is 0 Å². The van der Waals surface area contributed by atoms with Crippen molar-refractivity contribution in [3.8, 4) is 0 Å². The van der Waals surface area contributed by atoms with Crippen molar-refractivity contribution >= 4 is 25.0 Å². The lowest BCUT2D eigenvalue weighted by molar-refractivity contribution is 0.220. The van der Waals surface area contributed by atoms with E-state index in [2.05, 4.69) is 22.4 Å². The third-order valence-electron chi connectivity index (χ3n) is 1.42. The van der Waals surface area contributed by atoms with Crippen LogP contribution in [-0.2, 0) is 13.6 Å². The second-order valence-corrected chi connectivity index (χ2v) is 4.86. The van der Waals surface area contributed by atoms with Crippen LogP contribution in [0.5, 0.6) is 0 Å². The van der Waals surface area contributed by atoms with Crippen LogP contribution in [0.2, 0.25) is 0 Å². The maximum absolute atomic E-state index is 11.8. The van der Waals surface area contributed by atoms with Crippen LogP contribution in [0.3, 0.4) is 0 Å². The molecule has 0 N–H and O–H groups in total. The highest BCUT2D eigenvalue weighted by Crippen LogP contribution is 2.48. The molecule has 0 saturated carbocycles. The second-order valence-electron chi connectivity index (χ2n) is 2.50. The molecule has 0 rings (SSSR count). The topological polar surface area (TPSA) is 47.9 Å². The highest BCUT2D eigenvalue weighted by Gasteiger charge is 2.22. The summed E-state index contributed by atoms with van der Waals surface area (Å²) in [4.78, 5) is 3.73. The lowest BCUT2D eigenvalue weighted by Gasteiger charge is -2.15. The molecule has 0 aliphatic rings. The minimum Gasteiger partial charge on any atom is -0.309 e. The largest absolute Gasteiger partial charge is 0.330 e. The fourth-order valence-corrected chi connectivity index (χ4v) is 2.69. The molecule has 0 spiro atoms. The van der Waals surface area contributed by atoms with Crippen molar-refractivity contribution < 1.29 is 13.6 Å². The molecular weight excluding hydrogens is 221 g/mol. The molecule has 0 atom stereocenters. The predicted molar refractivity (Wildman–Crippen MR) is 60.2 cm³/mol. The summed E-state index contributed by atoms with van der Waals surface area (Å²) in [5, 5.41) is 2.25. The van der Waals surface area contributed by atoms with Crippen LogP contribution in [0, 0.1) is 0 Å². The molecule has 0 saturated heterocycles. The quantitative estimate of drug-likeness (QED) is 0.282. The van der Waals surface area contributed by atoms with Gasteiger partial charge in [-0.25, -0.2) is 4.99 Å². The molecule has 0 heterocycles. The minimum atomic E-state index is -2.88. The average molecular weight is 237 g/mol. The zero-order valence-corrected chi connectivity index (χ0v) is 10.3. The van der Waals surface area contributed by atoms with Crippen LogP contribution < -0.4 is 0 Å². The molecule has 0 aromatic heterocycles. The van der Waals surface area contributed by atoms with Gasteiger partial charge in [-0.1, -0.05) is 0 Å². The van der Waals surface area contributed by atoms with E-state index in [0.717, 1.165) is 0 Å². The highest BCUT2D eigenvalue weighted by molar-refractivity contribution is 7.78. The molecule has 0 radical (unpaired) electrons. The van der Waals surface area contributed by atoms with E-state index < -0.39 is 7.60 Å². The van der Waals surface area contributed by atoms with Gasteiger partial charge in [0.05, 0.1) is 24.5 Å². The molecule has 0 amide bonds. The van der Waals surface area contributed by atoms with Crippen LogP contribution in [-0.4, -0.2) is 31.1 Å². The van der Waals surface area contributed by atoms with Gasteiger partial charge in [-0.3, -0.25) is 4.57 Å². The summed E-state index contributed by atoms with van der Waals surface area (Å²) in [6.45, 7) is 4.90. The predicted octanol–water partition coefficient (Wildman–Crippen LogP) is 2.75. The van der Waals surface area contributed by atoms with Crippen LogP contribution in [0.4, 0.5) is 0 Å². The molecule has 14 heavy (non-hydrogen) atoms. The van der Waals surface area contributed by atoms with Gasteiger partial charge in [0.2, 0.25) is 0 Å². The normalized spacial score (nSPS) is 11.0. The summed E-state index contributed by atoms with van der Waals surface area (Å²) in [6, 6.07) is 0. The van der Waals surface area contributed by atoms with Crippen LogP contribution >= 0.6 is 19.8 Å². The van der Waals surface area contributed by atoms with Gasteiger partial charge in [0, 0.05) is 6.54 Å². The van der Waals surface area contributed by atoms with Crippen molar-refractivity contribution in [1.29, 1.82) is 0 Å². The molecule has 6 heteroatoms. The van der Waals surface area contributed by atoms with E-state index >= 15 is 0 Å². The van der Waals surface area contributed by atoms with Crippen LogP contribution in [0.15, 0.2) is 4.99 Å². The SMILES string of the molecule is CCOP(=O)(CCCN=C=S)OCC. The number of thiocarbonyl (C=S) groups is 1. The molecule has 0 fully saturated rings. The van der Waals surface area contributed by atoms with Gasteiger partial charge < -0.3 is 9.05 Å². The van der Waals surface area contributed by atoms with Crippen molar-refractivity contribution in [2.75, 3.05) is 25.9 Å². The molecule has 4 nitrogen and oxygen atoms in total. The molecule has 0 aromatic rings. The Hall–Kier alpha value is -0.0500. The summed E-state index contributed by atoms with van der Waals surface area (Å²) in [7, 11) is -2.88. The number of isothiocyanates is 1. The molecule has 0 aromatic carbocycles. The number of rotatable bonds is 8. The molecule has 0 unspecified atom stereocenters. The van der Waals surface area contributed by atoms with E-state index in [1.54, 1.807) is 13.8 Å². The first-order valence-corrected chi connectivity index (χ1v) is 6.74. The summed E-state index contributed by atoms with van der Waals surface area (Å²) in [6.07, 6.45) is 1.02. The van der Waals surface area contributed by atoms with Crippen molar-refractivity contribution in [3.05, 3.63) is 0 Å². The second kappa shape index (κ2) is 8.27. The highest BCUT2D eigenvalue weighted by atomic mass is 32.1. The first-order chi connectivity index (χ1) is 6.68. The van der Waals surface area contributed by atoms with Gasteiger partial charge in [0.15, 0.2) is 0 Å². The van der Waals surface area contributed by atoms with Crippen LogP contribution in [0.25, 0.3) is 0 Å². The summed E-state index contributed by atoms with van der Waals surface area (Å²) in [5.74, 6) is 0. The Morgan fingerprint density at radius 3 is 2.36 bits per heavy atom. The lowest BCUT2D eigenvalue weighted by Crippen LogP contribution is -2.01. The first kappa shape index (κ1) is 13.9. The minimum absolute atomic E-state index is 0.384. The van der Waals surface area contributed by atoms with E-state index in [4.69, 9.17) is 9.05 Å². The third-order valence-corrected chi connectivity index (χ3v) is 3.71. The summed E-state index contributed by atoms with van der Waals surface area (Å²) >= 11 is 4.41. The van der Waals surface area contributed by atoms with E-state index in [9.17, 15) is 4.57 Å². The average Bonchev–Trinajstić information content (AvgIpc) is 2.13. The van der Waals surface area contributed by atoms with Crippen LogP contribution in [0.1, 0.15) is 20.3 Å². The number of aliphatic imine (C=N–C) groups is 1. The molecule has 82 valence electrons. The van der Waals surface area contributed by atoms with E-state index in [1.165, 1.54) is 0 Å². The Morgan fingerprint density at radius 1 is 1.36 bits per heavy atom. The maximum Gasteiger partial charge on any atom is 0.330 e. The Balaban J connectivity index is 3.95. The Morgan fingerprint density at radius 2 is 1.93 bits per heavy atom. The van der Waals surface area contributed by atoms with Gasteiger partial charge in [-0.05, 0) is 32.5 Å². The zero-order valence-electron chi connectivity index (χ0n) is 8.56. The Kier molecular flexibility index (Phi) is 8.24. The third kappa shape index (κ3) is 6.41. The fraction of sp³-hybridized carbons (Fsp3) is 0.875. The maximum atomic E-state index is 11.8. The molecule has 0 aliphatic carbocycles. The van der Waals surface area contributed by atoms with E-state index in [1.807, 2.05) is 0 Å².